The highest BCUT2D eigenvalue weighted by Gasteiger charge is 2.27. The number of H-pyrrole nitrogens is 1. The molecule has 38 heavy (non-hydrogen) atoms. The Morgan fingerprint density at radius 2 is 1.92 bits per heavy atom. The van der Waals surface area contributed by atoms with Gasteiger partial charge in [0, 0.05) is 24.8 Å². The first-order valence-electron chi connectivity index (χ1n) is 11.8. The van der Waals surface area contributed by atoms with Gasteiger partial charge >= 0.3 is 12.1 Å². The van der Waals surface area contributed by atoms with Gasteiger partial charge in [-0.2, -0.15) is 0 Å². The van der Waals surface area contributed by atoms with Crippen LogP contribution < -0.4 is 11.1 Å². The smallest absolute Gasteiger partial charge is 0.419 e. The van der Waals surface area contributed by atoms with Crippen molar-refractivity contribution in [3.05, 3.63) is 52.3 Å². The van der Waals surface area contributed by atoms with Crippen molar-refractivity contribution >= 4 is 41.7 Å². The van der Waals surface area contributed by atoms with Crippen LogP contribution in [0.15, 0.2) is 34.4 Å². The maximum atomic E-state index is 13.1. The van der Waals surface area contributed by atoms with Crippen molar-refractivity contribution in [3.63, 3.8) is 0 Å². The number of hydrogen-bond donors (Lipinski definition) is 4. The van der Waals surface area contributed by atoms with E-state index in [1.54, 1.807) is 32.0 Å². The summed E-state index contributed by atoms with van der Waals surface area (Å²) in [6, 6.07) is 5.10. The lowest BCUT2D eigenvalue weighted by molar-refractivity contribution is -0.155. The number of nitrogens with one attached hydrogen (secondary N) is 2. The summed E-state index contributed by atoms with van der Waals surface area (Å²) in [4.78, 5) is 61.4. The van der Waals surface area contributed by atoms with E-state index in [0.717, 1.165) is 23.2 Å². The van der Waals surface area contributed by atoms with E-state index in [9.17, 15) is 19.2 Å². The lowest BCUT2D eigenvalue weighted by Crippen LogP contribution is -2.38. The maximum Gasteiger partial charge on any atom is 0.419 e. The van der Waals surface area contributed by atoms with Gasteiger partial charge in [0.15, 0.2) is 5.84 Å². The SMILES string of the molecule is CCCNC(=O)c1ccc(C)c(N=C(N=CN)c2[nH]cc(C(=O)N(CC)C(=O)OCOC(=O)CO)c2C)c1. The Kier molecular flexibility index (Phi) is 11.2. The molecule has 0 aliphatic rings. The summed E-state index contributed by atoms with van der Waals surface area (Å²) in [7, 11) is 0. The molecule has 2 rings (SSSR count). The van der Waals surface area contributed by atoms with E-state index in [4.69, 9.17) is 15.6 Å². The number of rotatable bonds is 10. The molecule has 0 saturated heterocycles. The standard InChI is InChI=1S/C25H32N6O7/c1-5-9-27-23(34)17-8-7-15(3)19(10-17)30-22(29-13-26)21-16(4)18(11-28-21)24(35)31(6-2)25(36)38-14-37-20(33)12-32/h7-8,10-11,13,28,32H,5-6,9,12,14H2,1-4H3,(H,27,34)(H2,26,29,30). The number of aliphatic hydroxyl groups excluding tert-OH is 1. The highest BCUT2D eigenvalue weighted by atomic mass is 16.7. The summed E-state index contributed by atoms with van der Waals surface area (Å²) in [6.45, 7) is 5.89. The first-order chi connectivity index (χ1) is 18.2. The number of aromatic nitrogens is 1. The van der Waals surface area contributed by atoms with Crippen molar-refractivity contribution in [2.24, 2.45) is 15.7 Å². The number of nitrogens with two attached hydrogens (primary N) is 1. The number of carbonyl (C=O) groups excluding carboxylic acids is 4. The number of nitrogens with zero attached hydrogens (tertiary/aromatic N) is 3. The molecule has 0 unspecified atom stereocenters. The number of amidine groups is 1. The molecule has 0 bridgehead atoms. The minimum Gasteiger partial charge on any atom is -0.426 e. The number of amides is 3. The Hall–Kier alpha value is -4.52. The second-order valence-electron chi connectivity index (χ2n) is 7.93. The molecule has 3 amide bonds. The van der Waals surface area contributed by atoms with Crippen LogP contribution in [-0.4, -0.2) is 77.5 Å². The van der Waals surface area contributed by atoms with Crippen LogP contribution in [0.25, 0.3) is 0 Å². The van der Waals surface area contributed by atoms with Crippen LogP contribution in [0.3, 0.4) is 0 Å². The molecule has 13 nitrogen and oxygen atoms in total. The molecule has 1 aromatic carbocycles. The quantitative estimate of drug-likeness (QED) is 0.156. The molecule has 0 aliphatic carbocycles. The second-order valence-corrected chi connectivity index (χ2v) is 7.93. The Morgan fingerprint density at radius 3 is 2.55 bits per heavy atom. The fourth-order valence-electron chi connectivity index (χ4n) is 3.27. The molecular weight excluding hydrogens is 496 g/mol. The van der Waals surface area contributed by atoms with Crippen molar-refractivity contribution in [3.8, 4) is 0 Å². The minimum atomic E-state index is -1.03. The van der Waals surface area contributed by atoms with E-state index in [-0.39, 0.29) is 23.9 Å². The van der Waals surface area contributed by atoms with Crippen LogP contribution in [-0.2, 0) is 14.3 Å². The number of ether oxygens (including phenoxy) is 2. The predicted molar refractivity (Wildman–Crippen MR) is 139 cm³/mol. The minimum absolute atomic E-state index is 0.0282. The molecule has 204 valence electrons. The fraction of sp³-hybridized carbons (Fsp3) is 0.360. The molecule has 0 fully saturated rings. The van der Waals surface area contributed by atoms with Crippen LogP contribution in [0.4, 0.5) is 10.5 Å². The van der Waals surface area contributed by atoms with Gasteiger partial charge in [-0.1, -0.05) is 13.0 Å². The Morgan fingerprint density at radius 1 is 1.18 bits per heavy atom. The van der Waals surface area contributed by atoms with Crippen molar-refractivity contribution < 1.29 is 33.8 Å². The zero-order valence-electron chi connectivity index (χ0n) is 21.7. The van der Waals surface area contributed by atoms with E-state index < -0.39 is 31.4 Å². The lowest BCUT2D eigenvalue weighted by Gasteiger charge is -2.18. The normalized spacial score (nSPS) is 11.3. The number of esters is 1. The van der Waals surface area contributed by atoms with E-state index in [1.807, 2.05) is 13.8 Å². The summed E-state index contributed by atoms with van der Waals surface area (Å²) >= 11 is 0. The first kappa shape index (κ1) is 29.7. The van der Waals surface area contributed by atoms with Crippen LogP contribution in [0.5, 0.6) is 0 Å². The largest absolute Gasteiger partial charge is 0.426 e. The number of aryl methyl sites for hydroxylation is 1. The van der Waals surface area contributed by atoms with Gasteiger partial charge in [-0.3, -0.25) is 9.59 Å². The van der Waals surface area contributed by atoms with Gasteiger partial charge in [0.1, 0.15) is 6.61 Å². The molecule has 0 spiro atoms. The molecule has 0 saturated carbocycles. The van der Waals surface area contributed by atoms with E-state index in [1.165, 1.54) is 6.20 Å². The third kappa shape index (κ3) is 7.49. The number of hydrogen-bond acceptors (Lipinski definition) is 8. The van der Waals surface area contributed by atoms with Crippen molar-refractivity contribution in [2.45, 2.75) is 34.1 Å². The molecular formula is C25H32N6O7. The molecule has 0 aliphatic heterocycles. The van der Waals surface area contributed by atoms with Crippen LogP contribution in [0, 0.1) is 13.8 Å². The van der Waals surface area contributed by atoms with Crippen LogP contribution in [0.1, 0.15) is 57.8 Å². The van der Waals surface area contributed by atoms with Gasteiger partial charge in [0.2, 0.25) is 6.79 Å². The van der Waals surface area contributed by atoms with E-state index >= 15 is 0 Å². The average molecular weight is 529 g/mol. The first-order valence-corrected chi connectivity index (χ1v) is 11.8. The average Bonchev–Trinajstić information content (AvgIpc) is 3.29. The van der Waals surface area contributed by atoms with Gasteiger partial charge in [-0.25, -0.2) is 24.5 Å². The highest BCUT2D eigenvalue weighted by Crippen LogP contribution is 2.24. The molecule has 0 radical (unpaired) electrons. The molecule has 0 atom stereocenters. The summed E-state index contributed by atoms with van der Waals surface area (Å²) in [5.74, 6) is -1.73. The van der Waals surface area contributed by atoms with Crippen molar-refractivity contribution in [1.82, 2.24) is 15.2 Å². The van der Waals surface area contributed by atoms with Gasteiger partial charge in [-0.15, -0.1) is 0 Å². The highest BCUT2D eigenvalue weighted by molar-refractivity contribution is 6.09. The van der Waals surface area contributed by atoms with Crippen LogP contribution in [0.2, 0.25) is 0 Å². The molecule has 13 heteroatoms. The maximum absolute atomic E-state index is 13.1. The fourth-order valence-corrected chi connectivity index (χ4v) is 3.27. The summed E-state index contributed by atoms with van der Waals surface area (Å²) < 4.78 is 9.29. The Labute approximate surface area is 219 Å². The number of aliphatic imine (C=N–C) groups is 2. The second kappa shape index (κ2) is 14.3. The number of benzene rings is 1. The summed E-state index contributed by atoms with van der Waals surface area (Å²) in [5, 5.41) is 11.5. The topological polar surface area (TPSA) is 189 Å². The van der Waals surface area contributed by atoms with E-state index in [2.05, 4.69) is 25.0 Å². The number of aliphatic hydroxyl groups is 1. The van der Waals surface area contributed by atoms with Gasteiger partial charge < -0.3 is 30.6 Å². The number of imide groups is 1. The third-order valence-corrected chi connectivity index (χ3v) is 5.34. The monoisotopic (exact) mass is 528 g/mol. The van der Waals surface area contributed by atoms with Gasteiger partial charge in [0.05, 0.1) is 23.3 Å². The van der Waals surface area contributed by atoms with Crippen LogP contribution >= 0.6 is 0 Å². The Balaban J connectivity index is 2.36. The van der Waals surface area contributed by atoms with Crippen molar-refractivity contribution in [2.75, 3.05) is 26.5 Å². The number of carbonyl (C=O) groups is 4. The summed E-state index contributed by atoms with van der Waals surface area (Å²) in [6.07, 6.45) is 2.22. The van der Waals surface area contributed by atoms with Gasteiger partial charge in [0.25, 0.3) is 11.8 Å². The predicted octanol–water partition coefficient (Wildman–Crippen LogP) is 1.93. The zero-order chi connectivity index (χ0) is 28.2. The zero-order valence-corrected chi connectivity index (χ0v) is 21.7. The van der Waals surface area contributed by atoms with E-state index in [0.29, 0.717) is 29.1 Å². The third-order valence-electron chi connectivity index (χ3n) is 5.34. The molecule has 1 heterocycles. The molecule has 1 aromatic heterocycles. The molecule has 5 N–H and O–H groups in total. The van der Waals surface area contributed by atoms with Gasteiger partial charge in [-0.05, 0) is 50.5 Å². The Bertz CT molecular complexity index is 1230. The lowest BCUT2D eigenvalue weighted by atomic mass is 10.1. The number of aromatic amines is 1. The summed E-state index contributed by atoms with van der Waals surface area (Å²) in [5.41, 5.74) is 8.21. The molecule has 2 aromatic rings. The van der Waals surface area contributed by atoms with Crippen molar-refractivity contribution in [1.29, 1.82) is 0 Å².